The van der Waals surface area contributed by atoms with Gasteiger partial charge in [-0.25, -0.2) is 4.39 Å². The Morgan fingerprint density at radius 1 is 1.29 bits per heavy atom. The number of rotatable bonds is 5. The first-order valence-electron chi connectivity index (χ1n) is 6.11. The van der Waals surface area contributed by atoms with E-state index >= 15 is 0 Å². The molecule has 0 bridgehead atoms. The van der Waals surface area contributed by atoms with Crippen molar-refractivity contribution in [2.24, 2.45) is 0 Å². The molecule has 0 saturated carbocycles. The molecule has 0 aliphatic heterocycles. The van der Waals surface area contributed by atoms with Crippen LogP contribution in [0.25, 0.3) is 11.0 Å². The molecule has 1 aromatic carbocycles. The molecule has 1 N–H and O–H groups in total. The van der Waals surface area contributed by atoms with Gasteiger partial charge in [0.1, 0.15) is 11.3 Å². The Morgan fingerprint density at radius 2 is 2.12 bits per heavy atom. The second-order valence-electron chi connectivity index (χ2n) is 4.28. The van der Waals surface area contributed by atoms with Crippen LogP contribution in [-0.4, -0.2) is 9.55 Å². The number of imidazole rings is 1. The predicted octanol–water partition coefficient (Wildman–Crippen LogP) is 4.42. The summed E-state index contributed by atoms with van der Waals surface area (Å²) in [5, 5.41) is 0. The number of nitrogens with zero attached hydrogens (tertiary/aromatic N) is 1. The van der Waals surface area contributed by atoms with Crippen LogP contribution in [0.2, 0.25) is 0 Å². The molecule has 2 nitrogen and oxygen atoms in total. The topological polar surface area (TPSA) is 20.7 Å². The monoisotopic (exact) mass is 252 g/mol. The molecule has 0 unspecified atom stereocenters. The minimum absolute atomic E-state index is 0.235. The average Bonchev–Trinajstić information content (AvgIpc) is 2.63. The summed E-state index contributed by atoms with van der Waals surface area (Å²) < 4.78 is 16.1. The van der Waals surface area contributed by atoms with Crippen LogP contribution in [0.1, 0.15) is 32.6 Å². The van der Waals surface area contributed by atoms with Crippen molar-refractivity contribution in [3.05, 3.63) is 28.8 Å². The zero-order chi connectivity index (χ0) is 12.3. The molecule has 2 aromatic rings. The van der Waals surface area contributed by atoms with Crippen molar-refractivity contribution in [1.29, 1.82) is 0 Å². The SMILES string of the molecule is CCCCCCn1c(=S)[nH]c2c(F)cccc21. The van der Waals surface area contributed by atoms with E-state index in [1.807, 2.05) is 10.6 Å². The predicted molar refractivity (Wildman–Crippen MR) is 71.2 cm³/mol. The molecule has 1 heterocycles. The van der Waals surface area contributed by atoms with Crippen LogP contribution < -0.4 is 0 Å². The fourth-order valence-corrected chi connectivity index (χ4v) is 2.36. The molecule has 92 valence electrons. The Labute approximate surface area is 105 Å². The summed E-state index contributed by atoms with van der Waals surface area (Å²) in [5.41, 5.74) is 1.39. The maximum absolute atomic E-state index is 13.5. The largest absolute Gasteiger partial charge is 0.328 e. The number of H-pyrrole nitrogens is 1. The highest BCUT2D eigenvalue weighted by Crippen LogP contribution is 2.18. The molecule has 4 heteroatoms. The Morgan fingerprint density at radius 3 is 2.88 bits per heavy atom. The van der Waals surface area contributed by atoms with Gasteiger partial charge in [0.05, 0.1) is 5.52 Å². The number of halogens is 1. The van der Waals surface area contributed by atoms with Gasteiger partial charge in [-0.05, 0) is 30.8 Å². The zero-order valence-electron chi connectivity index (χ0n) is 10.0. The number of unbranched alkanes of at least 4 members (excludes halogenated alkanes) is 3. The van der Waals surface area contributed by atoms with Crippen LogP contribution in [-0.2, 0) is 6.54 Å². The van der Waals surface area contributed by atoms with E-state index in [2.05, 4.69) is 11.9 Å². The fraction of sp³-hybridized carbons (Fsp3) is 0.462. The van der Waals surface area contributed by atoms with Gasteiger partial charge in [-0.1, -0.05) is 32.3 Å². The molecule has 0 atom stereocenters. The minimum atomic E-state index is -0.235. The molecule has 17 heavy (non-hydrogen) atoms. The van der Waals surface area contributed by atoms with Crippen LogP contribution in [0.4, 0.5) is 4.39 Å². The Balaban J connectivity index is 2.25. The lowest BCUT2D eigenvalue weighted by atomic mass is 10.2. The molecule has 0 radical (unpaired) electrons. The van der Waals surface area contributed by atoms with Gasteiger partial charge in [0, 0.05) is 6.54 Å². The number of fused-ring (bicyclic) bond motifs is 1. The molecular formula is C13H17FN2S. The van der Waals surface area contributed by atoms with Crippen LogP contribution in [0, 0.1) is 10.6 Å². The number of hydrogen-bond acceptors (Lipinski definition) is 1. The Bertz CT molecular complexity index is 556. The number of aromatic amines is 1. The van der Waals surface area contributed by atoms with Crippen molar-refractivity contribution in [1.82, 2.24) is 9.55 Å². The first-order valence-corrected chi connectivity index (χ1v) is 6.52. The smallest absolute Gasteiger partial charge is 0.178 e. The van der Waals surface area contributed by atoms with E-state index in [1.54, 1.807) is 6.07 Å². The molecule has 0 fully saturated rings. The van der Waals surface area contributed by atoms with E-state index in [9.17, 15) is 4.39 Å². The van der Waals surface area contributed by atoms with Crippen LogP contribution in [0.3, 0.4) is 0 Å². The van der Waals surface area contributed by atoms with Gasteiger partial charge in [-0.15, -0.1) is 0 Å². The summed E-state index contributed by atoms with van der Waals surface area (Å²) in [6.07, 6.45) is 4.74. The van der Waals surface area contributed by atoms with Crippen molar-refractivity contribution in [2.75, 3.05) is 0 Å². The molecule has 0 saturated heterocycles. The van der Waals surface area contributed by atoms with E-state index in [0.717, 1.165) is 18.5 Å². The second kappa shape index (κ2) is 5.45. The fourth-order valence-electron chi connectivity index (χ4n) is 2.06. The van der Waals surface area contributed by atoms with Crippen LogP contribution >= 0.6 is 12.2 Å². The maximum Gasteiger partial charge on any atom is 0.178 e. The van der Waals surface area contributed by atoms with Crippen LogP contribution in [0.5, 0.6) is 0 Å². The highest BCUT2D eigenvalue weighted by Gasteiger charge is 2.07. The lowest BCUT2D eigenvalue weighted by molar-refractivity contribution is 0.587. The van der Waals surface area contributed by atoms with Gasteiger partial charge in [0.2, 0.25) is 0 Å². The molecule has 1 aromatic heterocycles. The van der Waals surface area contributed by atoms with Gasteiger partial charge < -0.3 is 9.55 Å². The molecule has 2 rings (SSSR count). The van der Waals surface area contributed by atoms with Crippen molar-refractivity contribution >= 4 is 23.3 Å². The van der Waals surface area contributed by atoms with Gasteiger partial charge in [-0.2, -0.15) is 0 Å². The maximum atomic E-state index is 13.5. The number of para-hydroxylation sites is 1. The molecule has 0 aliphatic rings. The summed E-state index contributed by atoms with van der Waals surface area (Å²) in [4.78, 5) is 2.94. The van der Waals surface area contributed by atoms with Crippen LogP contribution in [0.15, 0.2) is 18.2 Å². The van der Waals surface area contributed by atoms with Gasteiger partial charge in [0.25, 0.3) is 0 Å². The quantitative estimate of drug-likeness (QED) is 0.617. The molecule has 0 aliphatic carbocycles. The van der Waals surface area contributed by atoms with E-state index in [-0.39, 0.29) is 5.82 Å². The van der Waals surface area contributed by atoms with Gasteiger partial charge in [0.15, 0.2) is 4.77 Å². The molecular weight excluding hydrogens is 235 g/mol. The summed E-state index contributed by atoms with van der Waals surface area (Å²) in [6, 6.07) is 5.09. The van der Waals surface area contributed by atoms with Crippen molar-refractivity contribution in [3.8, 4) is 0 Å². The number of hydrogen-bond donors (Lipinski definition) is 1. The standard InChI is InChI=1S/C13H17FN2S/c1-2-3-4-5-9-16-11-8-6-7-10(14)12(11)15-13(16)17/h6-8H,2-5,9H2,1H3,(H,15,17). The summed E-state index contributed by atoms with van der Waals surface area (Å²) in [6.45, 7) is 3.05. The Kier molecular flexibility index (Phi) is 3.94. The summed E-state index contributed by atoms with van der Waals surface area (Å²) >= 11 is 5.23. The van der Waals surface area contributed by atoms with Gasteiger partial charge in [-0.3, -0.25) is 0 Å². The molecule has 0 amide bonds. The summed E-state index contributed by atoms with van der Waals surface area (Å²) in [7, 11) is 0. The lowest BCUT2D eigenvalue weighted by Crippen LogP contribution is -1.97. The van der Waals surface area contributed by atoms with Crippen molar-refractivity contribution in [2.45, 2.75) is 39.2 Å². The van der Waals surface area contributed by atoms with E-state index in [0.29, 0.717) is 10.3 Å². The van der Waals surface area contributed by atoms with Gasteiger partial charge >= 0.3 is 0 Å². The highest BCUT2D eigenvalue weighted by molar-refractivity contribution is 7.71. The highest BCUT2D eigenvalue weighted by atomic mass is 32.1. The normalized spacial score (nSPS) is 11.2. The molecule has 0 spiro atoms. The first kappa shape index (κ1) is 12.3. The number of aromatic nitrogens is 2. The number of benzene rings is 1. The van der Waals surface area contributed by atoms with Crippen molar-refractivity contribution in [3.63, 3.8) is 0 Å². The Hall–Kier alpha value is -1.16. The number of aryl methyl sites for hydroxylation is 1. The third-order valence-corrected chi connectivity index (χ3v) is 3.32. The third-order valence-electron chi connectivity index (χ3n) is 2.99. The minimum Gasteiger partial charge on any atom is -0.328 e. The number of nitrogens with one attached hydrogen (secondary N) is 1. The second-order valence-corrected chi connectivity index (χ2v) is 4.66. The van der Waals surface area contributed by atoms with E-state index in [4.69, 9.17) is 12.2 Å². The van der Waals surface area contributed by atoms with Crippen molar-refractivity contribution < 1.29 is 4.39 Å². The first-order chi connectivity index (χ1) is 8.24. The lowest BCUT2D eigenvalue weighted by Gasteiger charge is -2.03. The third kappa shape index (κ3) is 2.57. The zero-order valence-corrected chi connectivity index (χ0v) is 10.8. The van der Waals surface area contributed by atoms with E-state index in [1.165, 1.54) is 25.3 Å². The summed E-state index contributed by atoms with van der Waals surface area (Å²) in [5.74, 6) is -0.235. The average molecular weight is 252 g/mol. The van der Waals surface area contributed by atoms with E-state index < -0.39 is 0 Å².